The average Bonchev–Trinajstić information content (AvgIpc) is 2.47. The van der Waals surface area contributed by atoms with Gasteiger partial charge in [0, 0.05) is 24.4 Å². The summed E-state index contributed by atoms with van der Waals surface area (Å²) in [5.74, 6) is 0.523. The molecule has 1 N–H and O–H groups in total. The van der Waals surface area contributed by atoms with E-state index in [9.17, 15) is 10.1 Å². The normalized spacial score (nSPS) is 10.2. The number of benzene rings is 2. The van der Waals surface area contributed by atoms with Crippen molar-refractivity contribution in [2.24, 2.45) is 0 Å². The number of ether oxygens (including phenoxy) is 1. The fourth-order valence-electron chi connectivity index (χ4n) is 1.85. The van der Waals surface area contributed by atoms with E-state index in [2.05, 4.69) is 5.32 Å². The molecule has 110 valence electrons. The SMILES string of the molecule is COc1cc(NCc2c(Cl)cccc2[N+](=O)[O-])ccc1Cl. The summed E-state index contributed by atoms with van der Waals surface area (Å²) in [7, 11) is 1.52. The van der Waals surface area contributed by atoms with Crippen molar-refractivity contribution in [3.8, 4) is 5.75 Å². The fourth-order valence-corrected chi connectivity index (χ4v) is 2.28. The van der Waals surface area contributed by atoms with Crippen molar-refractivity contribution in [2.75, 3.05) is 12.4 Å². The van der Waals surface area contributed by atoms with Gasteiger partial charge in [0.2, 0.25) is 0 Å². The van der Waals surface area contributed by atoms with Crippen molar-refractivity contribution < 1.29 is 9.66 Å². The summed E-state index contributed by atoms with van der Waals surface area (Å²) < 4.78 is 5.12. The quantitative estimate of drug-likeness (QED) is 0.648. The van der Waals surface area contributed by atoms with Gasteiger partial charge < -0.3 is 10.1 Å². The van der Waals surface area contributed by atoms with Gasteiger partial charge in [-0.05, 0) is 18.2 Å². The number of anilines is 1. The second kappa shape index (κ2) is 6.65. The first-order chi connectivity index (χ1) is 10.0. The zero-order chi connectivity index (χ0) is 15.4. The number of hydrogen-bond donors (Lipinski definition) is 1. The predicted molar refractivity (Wildman–Crippen MR) is 83.4 cm³/mol. The maximum Gasteiger partial charge on any atom is 0.275 e. The Kier molecular flexibility index (Phi) is 4.88. The maximum absolute atomic E-state index is 11.0. The highest BCUT2D eigenvalue weighted by atomic mass is 35.5. The first-order valence-electron chi connectivity index (χ1n) is 6.02. The summed E-state index contributed by atoms with van der Waals surface area (Å²) in [6.45, 7) is 0.223. The zero-order valence-electron chi connectivity index (χ0n) is 11.1. The number of nitro groups is 1. The number of hydrogen-bond acceptors (Lipinski definition) is 4. The van der Waals surface area contributed by atoms with Crippen LogP contribution in [0.15, 0.2) is 36.4 Å². The Hall–Kier alpha value is -1.98. The van der Waals surface area contributed by atoms with Gasteiger partial charge >= 0.3 is 0 Å². The highest BCUT2D eigenvalue weighted by molar-refractivity contribution is 6.32. The summed E-state index contributed by atoms with van der Waals surface area (Å²) in [6.07, 6.45) is 0. The monoisotopic (exact) mass is 326 g/mol. The lowest BCUT2D eigenvalue weighted by Gasteiger charge is -2.10. The minimum absolute atomic E-state index is 0.0177. The Morgan fingerprint density at radius 1 is 1.24 bits per heavy atom. The summed E-state index contributed by atoms with van der Waals surface area (Å²) in [5.41, 5.74) is 1.14. The molecule has 0 saturated heterocycles. The lowest BCUT2D eigenvalue weighted by atomic mass is 10.1. The third-order valence-electron chi connectivity index (χ3n) is 2.91. The van der Waals surface area contributed by atoms with Crippen molar-refractivity contribution in [3.63, 3.8) is 0 Å². The Balaban J connectivity index is 2.22. The second-order valence-electron chi connectivity index (χ2n) is 4.20. The molecule has 0 aliphatic heterocycles. The first kappa shape index (κ1) is 15.4. The highest BCUT2D eigenvalue weighted by Crippen LogP contribution is 2.30. The van der Waals surface area contributed by atoms with Gasteiger partial charge in [-0.15, -0.1) is 0 Å². The number of nitrogens with zero attached hydrogens (tertiary/aromatic N) is 1. The predicted octanol–water partition coefficient (Wildman–Crippen LogP) is 4.52. The van der Waals surface area contributed by atoms with Crippen LogP contribution < -0.4 is 10.1 Å². The molecule has 0 aromatic heterocycles. The van der Waals surface area contributed by atoms with E-state index >= 15 is 0 Å². The van der Waals surface area contributed by atoms with Crippen molar-refractivity contribution in [1.82, 2.24) is 0 Å². The molecule has 21 heavy (non-hydrogen) atoms. The van der Waals surface area contributed by atoms with Crippen LogP contribution in [0.5, 0.6) is 5.75 Å². The molecule has 0 radical (unpaired) electrons. The Morgan fingerprint density at radius 2 is 2.00 bits per heavy atom. The fraction of sp³-hybridized carbons (Fsp3) is 0.143. The second-order valence-corrected chi connectivity index (χ2v) is 5.01. The average molecular weight is 327 g/mol. The maximum atomic E-state index is 11.0. The molecule has 0 aliphatic carbocycles. The molecule has 2 aromatic rings. The zero-order valence-corrected chi connectivity index (χ0v) is 12.6. The van der Waals surface area contributed by atoms with Crippen LogP contribution in [0.4, 0.5) is 11.4 Å². The standard InChI is InChI=1S/C14H12Cl2N2O3/c1-21-14-7-9(5-6-12(14)16)17-8-10-11(15)3-2-4-13(10)18(19)20/h2-7,17H,8H2,1H3. The van der Waals surface area contributed by atoms with Gasteiger partial charge in [-0.2, -0.15) is 0 Å². The number of halogens is 2. The van der Waals surface area contributed by atoms with E-state index in [0.717, 1.165) is 5.69 Å². The lowest BCUT2D eigenvalue weighted by molar-refractivity contribution is -0.385. The topological polar surface area (TPSA) is 64.4 Å². The van der Waals surface area contributed by atoms with Gasteiger partial charge in [0.05, 0.1) is 27.6 Å². The molecule has 0 amide bonds. The molecule has 0 saturated carbocycles. The summed E-state index contributed by atoms with van der Waals surface area (Å²) in [6, 6.07) is 9.75. The summed E-state index contributed by atoms with van der Waals surface area (Å²) in [4.78, 5) is 10.6. The molecule has 0 fully saturated rings. The van der Waals surface area contributed by atoms with Gasteiger partial charge in [-0.3, -0.25) is 10.1 Å². The highest BCUT2D eigenvalue weighted by Gasteiger charge is 2.16. The first-order valence-corrected chi connectivity index (χ1v) is 6.77. The van der Waals surface area contributed by atoms with E-state index in [-0.39, 0.29) is 12.2 Å². The minimum Gasteiger partial charge on any atom is -0.495 e. The molecule has 0 unspecified atom stereocenters. The molecule has 2 aromatic carbocycles. The number of rotatable bonds is 5. The van der Waals surface area contributed by atoms with E-state index < -0.39 is 4.92 Å². The molecule has 7 heteroatoms. The smallest absolute Gasteiger partial charge is 0.275 e. The van der Waals surface area contributed by atoms with E-state index in [1.807, 2.05) is 0 Å². The molecule has 2 rings (SSSR count). The molecular formula is C14H12Cl2N2O3. The molecule has 0 atom stereocenters. The van der Waals surface area contributed by atoms with E-state index in [0.29, 0.717) is 21.4 Å². The van der Waals surface area contributed by atoms with Crippen LogP contribution in [0, 0.1) is 10.1 Å². The van der Waals surface area contributed by atoms with Crippen LogP contribution in [-0.4, -0.2) is 12.0 Å². The molecule has 0 bridgehead atoms. The van der Waals surface area contributed by atoms with Gasteiger partial charge in [0.25, 0.3) is 5.69 Å². The number of nitro benzene ring substituents is 1. The van der Waals surface area contributed by atoms with Gasteiger partial charge in [0.1, 0.15) is 5.75 Å². The molecule has 0 aliphatic rings. The Labute approximate surface area is 131 Å². The van der Waals surface area contributed by atoms with Crippen molar-refractivity contribution in [1.29, 1.82) is 0 Å². The van der Waals surface area contributed by atoms with Crippen molar-refractivity contribution >= 4 is 34.6 Å². The van der Waals surface area contributed by atoms with E-state index in [1.54, 1.807) is 30.3 Å². The summed E-state index contributed by atoms with van der Waals surface area (Å²) >= 11 is 12.0. The van der Waals surface area contributed by atoms with Crippen molar-refractivity contribution in [3.05, 3.63) is 62.1 Å². The van der Waals surface area contributed by atoms with Crippen molar-refractivity contribution in [2.45, 2.75) is 6.54 Å². The summed E-state index contributed by atoms with van der Waals surface area (Å²) in [5, 5.41) is 14.9. The van der Waals surface area contributed by atoms with E-state index in [4.69, 9.17) is 27.9 Å². The van der Waals surface area contributed by atoms with Crippen LogP contribution in [0.1, 0.15) is 5.56 Å². The van der Waals surface area contributed by atoms with Crippen LogP contribution >= 0.6 is 23.2 Å². The lowest BCUT2D eigenvalue weighted by Crippen LogP contribution is -2.04. The van der Waals surface area contributed by atoms with Crippen LogP contribution in [0.2, 0.25) is 10.0 Å². The molecular weight excluding hydrogens is 315 g/mol. The van der Waals surface area contributed by atoms with Gasteiger partial charge in [0.15, 0.2) is 0 Å². The third-order valence-corrected chi connectivity index (χ3v) is 3.58. The van der Waals surface area contributed by atoms with Gasteiger partial charge in [-0.1, -0.05) is 29.3 Å². The molecule has 0 heterocycles. The molecule has 0 spiro atoms. The number of methoxy groups -OCH3 is 1. The Morgan fingerprint density at radius 3 is 2.67 bits per heavy atom. The minimum atomic E-state index is -0.453. The van der Waals surface area contributed by atoms with Crippen LogP contribution in [-0.2, 0) is 6.54 Å². The molecule has 5 nitrogen and oxygen atoms in total. The van der Waals surface area contributed by atoms with Crippen LogP contribution in [0.3, 0.4) is 0 Å². The Bertz CT molecular complexity index is 677. The van der Waals surface area contributed by atoms with Gasteiger partial charge in [-0.25, -0.2) is 0 Å². The van der Waals surface area contributed by atoms with Crippen LogP contribution in [0.25, 0.3) is 0 Å². The number of nitrogens with one attached hydrogen (secondary N) is 1. The largest absolute Gasteiger partial charge is 0.495 e. The van der Waals surface area contributed by atoms with E-state index in [1.165, 1.54) is 13.2 Å². The third kappa shape index (κ3) is 3.56.